The largest absolute Gasteiger partial charge is 0.569 e. The van der Waals surface area contributed by atoms with Crippen LogP contribution in [-0.4, -0.2) is 53.7 Å². The van der Waals surface area contributed by atoms with Gasteiger partial charge >= 0.3 is 12.1 Å². The molecular formula is C11H21N3O7. The number of ether oxygens (including phenoxy) is 2. The van der Waals surface area contributed by atoms with Gasteiger partial charge in [-0.25, -0.2) is 9.59 Å². The summed E-state index contributed by atoms with van der Waals surface area (Å²) in [7, 11) is 1.27. The van der Waals surface area contributed by atoms with Crippen LogP contribution >= 0.6 is 0 Å². The number of nitrogens with zero attached hydrogens (tertiary/aromatic N) is 3. The first-order valence-corrected chi connectivity index (χ1v) is 6.34. The second-order valence-corrected chi connectivity index (χ2v) is 4.47. The van der Waals surface area contributed by atoms with Gasteiger partial charge in [0, 0.05) is 0 Å². The summed E-state index contributed by atoms with van der Waals surface area (Å²) in [5.41, 5.74) is 0. The van der Waals surface area contributed by atoms with E-state index in [1.807, 2.05) is 13.8 Å². The minimum absolute atomic E-state index is 0.0182. The first kappa shape index (κ1) is 18.7. The van der Waals surface area contributed by atoms with Crippen molar-refractivity contribution in [1.29, 1.82) is 0 Å². The maximum Gasteiger partial charge on any atom is 0.511 e. The fourth-order valence-electron chi connectivity index (χ4n) is 1.34. The Morgan fingerprint density at radius 2 is 2.00 bits per heavy atom. The van der Waals surface area contributed by atoms with E-state index in [1.165, 1.54) is 7.05 Å². The summed E-state index contributed by atoms with van der Waals surface area (Å²) in [5.74, 6) is -1.07. The van der Waals surface area contributed by atoms with Crippen molar-refractivity contribution in [3.8, 4) is 0 Å². The van der Waals surface area contributed by atoms with Gasteiger partial charge in [-0.3, -0.25) is 0 Å². The van der Waals surface area contributed by atoms with Gasteiger partial charge in [0.25, 0.3) is 6.79 Å². The first-order valence-electron chi connectivity index (χ1n) is 6.34. The van der Waals surface area contributed by atoms with Gasteiger partial charge < -0.3 is 24.6 Å². The van der Waals surface area contributed by atoms with Crippen LogP contribution in [0.4, 0.5) is 4.79 Å². The summed E-state index contributed by atoms with van der Waals surface area (Å²) in [5, 5.41) is 24.6. The molecule has 0 aromatic heterocycles. The van der Waals surface area contributed by atoms with Gasteiger partial charge in [0.1, 0.15) is 0 Å². The summed E-state index contributed by atoms with van der Waals surface area (Å²) in [6.45, 7) is 4.79. The quantitative estimate of drug-likeness (QED) is 0.169. The van der Waals surface area contributed by atoms with E-state index < -0.39 is 25.0 Å². The third kappa shape index (κ3) is 7.80. The minimum atomic E-state index is -1.15. The Morgan fingerprint density at radius 1 is 1.38 bits per heavy atom. The van der Waals surface area contributed by atoms with Gasteiger partial charge in [-0.05, 0) is 19.3 Å². The molecule has 0 radical (unpaired) electrons. The number of carbonyl (C=O) groups is 2. The van der Waals surface area contributed by atoms with E-state index >= 15 is 0 Å². The molecule has 0 heterocycles. The highest BCUT2D eigenvalue weighted by Gasteiger charge is 2.29. The molecule has 0 saturated carbocycles. The van der Waals surface area contributed by atoms with E-state index in [0.29, 0.717) is 0 Å². The predicted octanol–water partition coefficient (Wildman–Crippen LogP) is 1.36. The number of carboxylic acids is 1. The fraction of sp³-hybridized carbons (Fsp3) is 0.818. The molecule has 0 saturated heterocycles. The smallest absolute Gasteiger partial charge is 0.511 e. The zero-order chi connectivity index (χ0) is 16.4. The summed E-state index contributed by atoms with van der Waals surface area (Å²) >= 11 is 0. The molecule has 0 bridgehead atoms. The average Bonchev–Trinajstić information content (AvgIpc) is 2.39. The Morgan fingerprint density at radius 3 is 2.48 bits per heavy atom. The number of hydrogen-bond donors (Lipinski definition) is 1. The lowest BCUT2D eigenvalue weighted by molar-refractivity contribution is -0.711. The lowest BCUT2D eigenvalue weighted by atomic mass is 10.0. The summed E-state index contributed by atoms with van der Waals surface area (Å²) < 4.78 is 8.85. The lowest BCUT2D eigenvalue weighted by Gasteiger charge is -2.21. The Hall–Kier alpha value is -2.26. The number of likely N-dealkylation sites (N-methyl/N-ethyl adjacent to an activating group) is 1. The van der Waals surface area contributed by atoms with Crippen LogP contribution in [0.15, 0.2) is 5.28 Å². The third-order valence-electron chi connectivity index (χ3n) is 2.32. The van der Waals surface area contributed by atoms with Gasteiger partial charge in [-0.2, -0.15) is 0 Å². The molecule has 0 aromatic carbocycles. The van der Waals surface area contributed by atoms with Gasteiger partial charge in [0.05, 0.1) is 18.6 Å². The van der Waals surface area contributed by atoms with Crippen LogP contribution in [0.25, 0.3) is 0 Å². The molecule has 1 N–H and O–H groups in total. The van der Waals surface area contributed by atoms with Crippen molar-refractivity contribution in [1.82, 2.24) is 5.01 Å². The second-order valence-electron chi connectivity index (χ2n) is 4.47. The monoisotopic (exact) mass is 307 g/mol. The summed E-state index contributed by atoms with van der Waals surface area (Å²) in [6.07, 6.45) is -0.693. The Bertz CT molecular complexity index is 373. The van der Waals surface area contributed by atoms with Crippen molar-refractivity contribution < 1.29 is 34.0 Å². The van der Waals surface area contributed by atoms with Crippen molar-refractivity contribution in [2.24, 2.45) is 11.2 Å². The molecule has 0 aliphatic carbocycles. The van der Waals surface area contributed by atoms with Gasteiger partial charge in [0.2, 0.25) is 5.28 Å². The molecule has 10 nitrogen and oxygen atoms in total. The van der Waals surface area contributed by atoms with Gasteiger partial charge in [0.15, 0.2) is 6.04 Å². The SMILES string of the molecule is CCOC(=O)OCON=[N+]([O-])N(C)[C@@H](CC(C)C)C(=O)O. The molecule has 0 fully saturated rings. The Labute approximate surface area is 122 Å². The second kappa shape index (κ2) is 9.61. The molecule has 1 atom stereocenters. The molecule has 10 heteroatoms. The zero-order valence-corrected chi connectivity index (χ0v) is 12.5. The van der Waals surface area contributed by atoms with Crippen LogP contribution in [0.3, 0.4) is 0 Å². The fourth-order valence-corrected chi connectivity index (χ4v) is 1.34. The highest BCUT2D eigenvalue weighted by Crippen LogP contribution is 2.11. The summed E-state index contributed by atoms with van der Waals surface area (Å²) in [6, 6.07) is -1.04. The van der Waals surface area contributed by atoms with Crippen LogP contribution in [0.2, 0.25) is 0 Å². The standard InChI is InChI=1S/C11H21N3O7/c1-5-19-11(17)20-7-21-12-14(18)13(4)9(10(15)16)6-8(2)3/h8-9H,5-7H2,1-4H3,(H,15,16)/t9-/m0/s1. The highest BCUT2D eigenvalue weighted by atomic mass is 16.8. The Kier molecular flexibility index (Phi) is 8.58. The summed E-state index contributed by atoms with van der Waals surface area (Å²) in [4.78, 5) is 26.3. The predicted molar refractivity (Wildman–Crippen MR) is 68.8 cm³/mol. The maximum atomic E-state index is 11.6. The number of hydrazine groups is 1. The van der Waals surface area contributed by atoms with E-state index in [9.17, 15) is 14.8 Å². The number of hydrogen-bond acceptors (Lipinski definition) is 7. The van der Waals surface area contributed by atoms with Crippen molar-refractivity contribution in [3.63, 3.8) is 0 Å². The van der Waals surface area contributed by atoms with Crippen molar-refractivity contribution in [2.75, 3.05) is 20.4 Å². The molecule has 0 unspecified atom stereocenters. The number of carbonyl (C=O) groups excluding carboxylic acids is 1. The molecule has 0 spiro atoms. The number of carboxylic acid groups (broad SMARTS) is 1. The number of aliphatic carboxylic acids is 1. The molecule has 0 amide bonds. The van der Waals surface area contributed by atoms with Crippen molar-refractivity contribution >= 4 is 12.1 Å². The van der Waals surface area contributed by atoms with Gasteiger partial charge in [-0.1, -0.05) is 13.8 Å². The van der Waals surface area contributed by atoms with Crippen molar-refractivity contribution in [3.05, 3.63) is 5.21 Å². The molecule has 21 heavy (non-hydrogen) atoms. The molecule has 0 aliphatic heterocycles. The molecule has 122 valence electrons. The molecular weight excluding hydrogens is 286 g/mol. The van der Waals surface area contributed by atoms with Crippen LogP contribution in [0.5, 0.6) is 0 Å². The van der Waals surface area contributed by atoms with Crippen LogP contribution in [-0.2, 0) is 19.1 Å². The van der Waals surface area contributed by atoms with E-state index in [0.717, 1.165) is 5.01 Å². The first-order chi connectivity index (χ1) is 9.79. The Balaban J connectivity index is 4.39. The maximum absolute atomic E-state index is 11.6. The molecule has 0 aliphatic rings. The van der Waals surface area contributed by atoms with E-state index in [4.69, 9.17) is 5.11 Å². The lowest BCUT2D eigenvalue weighted by Crippen LogP contribution is -2.43. The third-order valence-corrected chi connectivity index (χ3v) is 2.32. The average molecular weight is 307 g/mol. The van der Waals surface area contributed by atoms with Crippen LogP contribution in [0.1, 0.15) is 27.2 Å². The topological polar surface area (TPSA) is 124 Å². The van der Waals surface area contributed by atoms with Crippen LogP contribution < -0.4 is 0 Å². The minimum Gasteiger partial charge on any atom is -0.569 e. The van der Waals surface area contributed by atoms with E-state index in [2.05, 4.69) is 19.6 Å². The van der Waals surface area contributed by atoms with Crippen molar-refractivity contribution in [2.45, 2.75) is 33.2 Å². The highest BCUT2D eigenvalue weighted by molar-refractivity contribution is 5.73. The van der Waals surface area contributed by atoms with Gasteiger partial charge in [-0.15, -0.1) is 5.01 Å². The molecule has 0 rings (SSSR count). The number of rotatable bonds is 9. The molecule has 0 aromatic rings. The normalized spacial score (nSPS) is 12.7. The van der Waals surface area contributed by atoms with E-state index in [1.54, 1.807) is 6.92 Å². The zero-order valence-electron chi connectivity index (χ0n) is 12.5. The van der Waals surface area contributed by atoms with Crippen LogP contribution in [0, 0.1) is 11.1 Å². The van der Waals surface area contributed by atoms with E-state index in [-0.39, 0.29) is 23.9 Å².